The van der Waals surface area contributed by atoms with Crippen molar-refractivity contribution in [2.45, 2.75) is 13.8 Å². The van der Waals surface area contributed by atoms with Gasteiger partial charge in [-0.2, -0.15) is 0 Å². The van der Waals surface area contributed by atoms with Gasteiger partial charge in [-0.15, -0.1) is 0 Å². The fourth-order valence-electron chi connectivity index (χ4n) is 2.68. The van der Waals surface area contributed by atoms with Gasteiger partial charge in [0.1, 0.15) is 0 Å². The van der Waals surface area contributed by atoms with E-state index in [0.29, 0.717) is 16.9 Å². The Morgan fingerprint density at radius 3 is 2.38 bits per heavy atom. The molecule has 0 atom stereocenters. The molecule has 2 fully saturated rings. The summed E-state index contributed by atoms with van der Waals surface area (Å²) in [6.07, 6.45) is 0. The quantitative estimate of drug-likeness (QED) is 0.726. The summed E-state index contributed by atoms with van der Waals surface area (Å²) in [4.78, 5) is 2.42. The van der Waals surface area contributed by atoms with Crippen molar-refractivity contribution < 1.29 is 4.21 Å². The highest BCUT2D eigenvalue weighted by Gasteiger charge is 2.53. The molecule has 0 radical (unpaired) electrons. The van der Waals surface area contributed by atoms with Gasteiger partial charge >= 0.3 is 0 Å². The van der Waals surface area contributed by atoms with Gasteiger partial charge in [0.15, 0.2) is 0 Å². The minimum atomic E-state index is -2.13. The van der Waals surface area contributed by atoms with Gasteiger partial charge in [0.25, 0.3) is 0 Å². The van der Waals surface area contributed by atoms with Crippen LogP contribution >= 0.6 is 0 Å². The Hall–Kier alpha value is -0.0900. The summed E-state index contributed by atoms with van der Waals surface area (Å²) in [5, 5.41) is 0. The normalized spacial score (nSPS) is 30.1. The summed E-state index contributed by atoms with van der Waals surface area (Å²) in [7, 11) is -2.13. The maximum absolute atomic E-state index is 11.2. The van der Waals surface area contributed by atoms with Crippen LogP contribution in [0.5, 0.6) is 0 Å². The van der Waals surface area contributed by atoms with Crippen molar-refractivity contribution in [3.8, 4) is 0 Å². The van der Waals surface area contributed by atoms with E-state index in [1.54, 1.807) is 0 Å². The number of rotatable bonds is 2. The Bertz CT molecular complexity index is 288. The molecule has 2 saturated heterocycles. The standard InChI is InChI=1S/C9H18N2OS/c1-8(2)3-11-4-9(5-11)6-13(10,12)7-9/h8,10H,3-7H2,1-2H3. The van der Waals surface area contributed by atoms with Gasteiger partial charge in [0.2, 0.25) is 0 Å². The molecule has 0 aliphatic carbocycles. The summed E-state index contributed by atoms with van der Waals surface area (Å²) >= 11 is 0. The van der Waals surface area contributed by atoms with Crippen molar-refractivity contribution in [2.24, 2.45) is 11.3 Å². The Morgan fingerprint density at radius 1 is 1.46 bits per heavy atom. The van der Waals surface area contributed by atoms with Gasteiger partial charge in [-0.25, -0.2) is 4.21 Å². The molecular formula is C9H18N2OS. The van der Waals surface area contributed by atoms with E-state index in [1.807, 2.05) is 0 Å². The first kappa shape index (κ1) is 9.46. The lowest BCUT2D eigenvalue weighted by molar-refractivity contribution is 0.0175. The first-order chi connectivity index (χ1) is 5.91. The summed E-state index contributed by atoms with van der Waals surface area (Å²) in [6, 6.07) is 0. The highest BCUT2D eigenvalue weighted by molar-refractivity contribution is 7.93. The molecule has 3 nitrogen and oxygen atoms in total. The Balaban J connectivity index is 1.80. The van der Waals surface area contributed by atoms with Crippen molar-refractivity contribution in [1.29, 1.82) is 4.78 Å². The third kappa shape index (κ3) is 1.74. The largest absolute Gasteiger partial charge is 0.302 e. The van der Waals surface area contributed by atoms with Crippen molar-refractivity contribution in [1.82, 2.24) is 4.90 Å². The van der Waals surface area contributed by atoms with Crippen LogP contribution in [0.2, 0.25) is 0 Å². The summed E-state index contributed by atoms with van der Waals surface area (Å²) in [5.41, 5.74) is 0.299. The molecule has 0 bridgehead atoms. The number of nitrogens with one attached hydrogen (secondary N) is 1. The fourth-order valence-corrected chi connectivity index (χ4v) is 4.94. The molecule has 0 amide bonds. The van der Waals surface area contributed by atoms with Crippen LogP contribution in [0.25, 0.3) is 0 Å². The fraction of sp³-hybridized carbons (Fsp3) is 1.00. The second-order valence-electron chi connectivity index (χ2n) is 5.16. The van der Waals surface area contributed by atoms with Gasteiger partial charge in [-0.1, -0.05) is 13.8 Å². The van der Waals surface area contributed by atoms with E-state index in [-0.39, 0.29) is 0 Å². The van der Waals surface area contributed by atoms with Crippen LogP contribution in [0.1, 0.15) is 13.8 Å². The van der Waals surface area contributed by atoms with Crippen LogP contribution in [-0.4, -0.2) is 40.2 Å². The SMILES string of the molecule is CC(C)CN1CC2(C1)CS(=N)(=O)C2. The van der Waals surface area contributed by atoms with Gasteiger partial charge in [0.05, 0.1) is 0 Å². The molecule has 0 aromatic heterocycles. The van der Waals surface area contributed by atoms with Crippen molar-refractivity contribution in [3.63, 3.8) is 0 Å². The van der Waals surface area contributed by atoms with Gasteiger partial charge in [0, 0.05) is 46.3 Å². The Morgan fingerprint density at radius 2 is 2.00 bits per heavy atom. The molecule has 0 unspecified atom stereocenters. The van der Waals surface area contributed by atoms with E-state index < -0.39 is 9.73 Å². The molecule has 76 valence electrons. The van der Waals surface area contributed by atoms with Gasteiger partial charge in [-0.05, 0) is 5.92 Å². The molecule has 0 aromatic rings. The second-order valence-corrected chi connectivity index (χ2v) is 7.36. The third-order valence-corrected chi connectivity index (χ3v) is 4.98. The van der Waals surface area contributed by atoms with Crippen molar-refractivity contribution >= 4 is 9.73 Å². The molecule has 4 heteroatoms. The van der Waals surface area contributed by atoms with Gasteiger partial charge < -0.3 is 4.90 Å². The van der Waals surface area contributed by atoms with Crippen molar-refractivity contribution in [2.75, 3.05) is 31.1 Å². The predicted octanol–water partition coefficient (Wildman–Crippen LogP) is 1.00. The Labute approximate surface area is 80.5 Å². The molecule has 2 heterocycles. The topological polar surface area (TPSA) is 44.2 Å². The van der Waals surface area contributed by atoms with Crippen molar-refractivity contribution in [3.05, 3.63) is 0 Å². The summed E-state index contributed by atoms with van der Waals surface area (Å²) < 4.78 is 18.6. The lowest BCUT2D eigenvalue weighted by Crippen LogP contribution is -2.68. The molecular weight excluding hydrogens is 184 g/mol. The minimum absolute atomic E-state index is 0.299. The molecule has 2 aliphatic heterocycles. The zero-order chi connectivity index (χ0) is 9.69. The number of hydrogen-bond donors (Lipinski definition) is 1. The highest BCUT2D eigenvalue weighted by Crippen LogP contribution is 2.41. The van der Waals surface area contributed by atoms with E-state index >= 15 is 0 Å². The van der Waals surface area contributed by atoms with E-state index in [4.69, 9.17) is 4.78 Å². The summed E-state index contributed by atoms with van der Waals surface area (Å²) in [6.45, 7) is 7.77. The predicted molar refractivity (Wildman–Crippen MR) is 54.3 cm³/mol. The van der Waals surface area contributed by atoms with E-state index in [2.05, 4.69) is 18.7 Å². The van der Waals surface area contributed by atoms with E-state index in [1.165, 1.54) is 0 Å². The molecule has 13 heavy (non-hydrogen) atoms. The Kier molecular flexibility index (Phi) is 1.97. The molecule has 0 saturated carbocycles. The highest BCUT2D eigenvalue weighted by atomic mass is 32.2. The number of hydrogen-bond acceptors (Lipinski definition) is 3. The zero-order valence-corrected chi connectivity index (χ0v) is 9.19. The van der Waals surface area contributed by atoms with Crippen LogP contribution in [0, 0.1) is 16.1 Å². The van der Waals surface area contributed by atoms with Crippen LogP contribution in [-0.2, 0) is 9.73 Å². The molecule has 1 spiro atoms. The lowest BCUT2D eigenvalue weighted by Gasteiger charge is -2.56. The van der Waals surface area contributed by atoms with Gasteiger partial charge in [-0.3, -0.25) is 4.78 Å². The molecule has 1 N–H and O–H groups in total. The van der Waals surface area contributed by atoms with Crippen LogP contribution in [0.3, 0.4) is 0 Å². The first-order valence-corrected chi connectivity index (χ1v) is 6.77. The van der Waals surface area contributed by atoms with E-state index in [9.17, 15) is 4.21 Å². The minimum Gasteiger partial charge on any atom is -0.302 e. The molecule has 2 rings (SSSR count). The maximum Gasteiger partial charge on any atom is 0.0455 e. The smallest absolute Gasteiger partial charge is 0.0455 e. The average molecular weight is 202 g/mol. The third-order valence-electron chi connectivity index (χ3n) is 2.82. The zero-order valence-electron chi connectivity index (χ0n) is 8.38. The number of likely N-dealkylation sites (tertiary alicyclic amines) is 1. The second kappa shape index (κ2) is 2.70. The number of nitrogens with zero attached hydrogens (tertiary/aromatic N) is 1. The molecule has 0 aromatic carbocycles. The first-order valence-electron chi connectivity index (χ1n) is 4.87. The summed E-state index contributed by atoms with van der Waals surface area (Å²) in [5.74, 6) is 2.04. The van der Waals surface area contributed by atoms with Crippen LogP contribution < -0.4 is 0 Å². The van der Waals surface area contributed by atoms with E-state index in [0.717, 1.165) is 25.6 Å². The maximum atomic E-state index is 11.2. The average Bonchev–Trinajstić information content (AvgIpc) is 1.77. The monoisotopic (exact) mass is 202 g/mol. The molecule has 2 aliphatic rings. The van der Waals surface area contributed by atoms with Crippen LogP contribution in [0.15, 0.2) is 0 Å². The lowest BCUT2D eigenvalue weighted by atomic mass is 9.82. The van der Waals surface area contributed by atoms with Crippen LogP contribution in [0.4, 0.5) is 0 Å².